The van der Waals surface area contributed by atoms with Crippen molar-refractivity contribution < 1.29 is 9.13 Å². The minimum Gasteiger partial charge on any atom is -0.485 e. The molecule has 0 radical (unpaired) electrons. The maximum absolute atomic E-state index is 13.4. The maximum atomic E-state index is 13.4. The third-order valence-electron chi connectivity index (χ3n) is 3.88. The summed E-state index contributed by atoms with van der Waals surface area (Å²) >= 11 is 0. The van der Waals surface area contributed by atoms with Gasteiger partial charge in [-0.25, -0.2) is 4.39 Å². The summed E-state index contributed by atoms with van der Waals surface area (Å²) < 4.78 is 19.3. The van der Waals surface area contributed by atoms with E-state index in [0.717, 1.165) is 11.1 Å². The van der Waals surface area contributed by atoms with Gasteiger partial charge in [0.1, 0.15) is 17.7 Å². The zero-order chi connectivity index (χ0) is 14.3. The monoisotopic (exact) mass is 271 g/mol. The van der Waals surface area contributed by atoms with Crippen molar-refractivity contribution in [3.63, 3.8) is 0 Å². The summed E-state index contributed by atoms with van der Waals surface area (Å²) in [6, 6.07) is 10.7. The summed E-state index contributed by atoms with van der Waals surface area (Å²) in [6.45, 7) is 4.13. The van der Waals surface area contributed by atoms with Crippen LogP contribution in [0.5, 0.6) is 5.75 Å². The quantitative estimate of drug-likeness (QED) is 0.852. The lowest BCUT2D eigenvalue weighted by molar-refractivity contribution is 0.160. The second-order valence-electron chi connectivity index (χ2n) is 5.49. The largest absolute Gasteiger partial charge is 0.485 e. The van der Waals surface area contributed by atoms with Crippen LogP contribution in [0.15, 0.2) is 36.4 Å². The Morgan fingerprint density at radius 3 is 2.60 bits per heavy atom. The van der Waals surface area contributed by atoms with E-state index in [0.29, 0.717) is 12.2 Å². The van der Waals surface area contributed by atoms with E-state index in [-0.39, 0.29) is 18.0 Å². The summed E-state index contributed by atoms with van der Waals surface area (Å²) in [4.78, 5) is 0. The first-order valence-electron chi connectivity index (χ1n) is 6.83. The van der Waals surface area contributed by atoms with Gasteiger partial charge in [0.05, 0.1) is 0 Å². The molecule has 0 amide bonds. The average Bonchev–Trinajstić information content (AvgIpc) is 2.37. The van der Waals surface area contributed by atoms with E-state index in [2.05, 4.69) is 32.0 Å². The lowest BCUT2D eigenvalue weighted by Gasteiger charge is -2.31. The van der Waals surface area contributed by atoms with Crippen molar-refractivity contribution in [1.29, 1.82) is 0 Å². The molecule has 3 heteroatoms. The molecule has 1 unspecified atom stereocenters. The second-order valence-corrected chi connectivity index (χ2v) is 5.49. The van der Waals surface area contributed by atoms with Crippen molar-refractivity contribution in [1.82, 2.24) is 0 Å². The number of aryl methyl sites for hydroxylation is 2. The molecule has 2 aromatic carbocycles. The van der Waals surface area contributed by atoms with Crippen molar-refractivity contribution >= 4 is 0 Å². The molecule has 0 aliphatic carbocycles. The van der Waals surface area contributed by atoms with Gasteiger partial charge in [0.2, 0.25) is 0 Å². The topological polar surface area (TPSA) is 35.2 Å². The predicted octanol–water partition coefficient (Wildman–Crippen LogP) is 3.97. The fourth-order valence-corrected chi connectivity index (χ4v) is 2.85. The van der Waals surface area contributed by atoms with E-state index in [1.54, 1.807) is 6.07 Å². The Morgan fingerprint density at radius 1 is 1.10 bits per heavy atom. The average molecular weight is 271 g/mol. The van der Waals surface area contributed by atoms with Crippen LogP contribution in [0.2, 0.25) is 0 Å². The van der Waals surface area contributed by atoms with E-state index >= 15 is 0 Å². The zero-order valence-electron chi connectivity index (χ0n) is 11.7. The minimum absolute atomic E-state index is 0.111. The Hall–Kier alpha value is -1.87. The van der Waals surface area contributed by atoms with Crippen LogP contribution in [-0.2, 0) is 0 Å². The first-order valence-corrected chi connectivity index (χ1v) is 6.83. The van der Waals surface area contributed by atoms with E-state index in [9.17, 15) is 4.39 Å². The number of hydrogen-bond donors (Lipinski definition) is 1. The Labute approximate surface area is 118 Å². The van der Waals surface area contributed by atoms with Gasteiger partial charge in [-0.3, -0.25) is 0 Å². The lowest BCUT2D eigenvalue weighted by atomic mass is 9.91. The molecule has 2 N–H and O–H groups in total. The number of rotatable bonds is 1. The molecule has 104 valence electrons. The molecular weight excluding hydrogens is 253 g/mol. The number of halogens is 1. The first kappa shape index (κ1) is 13.1. The van der Waals surface area contributed by atoms with E-state index in [1.165, 1.54) is 23.3 Å². The Balaban J connectivity index is 1.98. The molecule has 2 atom stereocenters. The summed E-state index contributed by atoms with van der Waals surface area (Å²) in [7, 11) is 0. The molecule has 0 aromatic heterocycles. The molecule has 0 saturated heterocycles. The number of fused-ring (bicyclic) bond motifs is 1. The van der Waals surface area contributed by atoms with Crippen molar-refractivity contribution in [3.05, 3.63) is 64.5 Å². The highest BCUT2D eigenvalue weighted by atomic mass is 19.1. The van der Waals surface area contributed by atoms with Crippen molar-refractivity contribution in [3.8, 4) is 5.75 Å². The summed E-state index contributed by atoms with van der Waals surface area (Å²) in [5.74, 6) is 0.269. The van der Waals surface area contributed by atoms with Crippen LogP contribution in [-0.4, -0.2) is 0 Å². The summed E-state index contributed by atoms with van der Waals surface area (Å²) in [5.41, 5.74) is 10.6. The number of hydrogen-bond acceptors (Lipinski definition) is 2. The van der Waals surface area contributed by atoms with E-state index < -0.39 is 0 Å². The molecule has 2 aromatic rings. The van der Waals surface area contributed by atoms with Crippen LogP contribution in [0.1, 0.15) is 40.8 Å². The molecule has 2 nitrogen and oxygen atoms in total. The van der Waals surface area contributed by atoms with Crippen molar-refractivity contribution in [2.45, 2.75) is 32.4 Å². The highest BCUT2D eigenvalue weighted by Crippen LogP contribution is 2.40. The molecule has 0 saturated carbocycles. The molecule has 20 heavy (non-hydrogen) atoms. The fourth-order valence-electron chi connectivity index (χ4n) is 2.85. The summed E-state index contributed by atoms with van der Waals surface area (Å²) in [6.07, 6.45) is 0.600. The predicted molar refractivity (Wildman–Crippen MR) is 77.2 cm³/mol. The number of nitrogens with two attached hydrogens (primary N) is 1. The van der Waals surface area contributed by atoms with Gasteiger partial charge in [-0.2, -0.15) is 0 Å². The van der Waals surface area contributed by atoms with Crippen LogP contribution in [0.4, 0.5) is 4.39 Å². The van der Waals surface area contributed by atoms with Gasteiger partial charge in [-0.15, -0.1) is 0 Å². The molecule has 0 spiro atoms. The van der Waals surface area contributed by atoms with Gasteiger partial charge < -0.3 is 10.5 Å². The number of benzene rings is 2. The molecule has 1 heterocycles. The molecule has 1 aliphatic heterocycles. The molecule has 0 bridgehead atoms. The van der Waals surface area contributed by atoms with Gasteiger partial charge in [-0.1, -0.05) is 29.8 Å². The Kier molecular flexibility index (Phi) is 3.22. The van der Waals surface area contributed by atoms with Crippen LogP contribution in [0.25, 0.3) is 0 Å². The second kappa shape index (κ2) is 4.91. The van der Waals surface area contributed by atoms with Crippen LogP contribution in [0.3, 0.4) is 0 Å². The van der Waals surface area contributed by atoms with Gasteiger partial charge in [0.25, 0.3) is 0 Å². The van der Waals surface area contributed by atoms with E-state index in [4.69, 9.17) is 10.5 Å². The summed E-state index contributed by atoms with van der Waals surface area (Å²) in [5, 5.41) is 0. The van der Waals surface area contributed by atoms with Gasteiger partial charge in [0, 0.05) is 24.1 Å². The highest BCUT2D eigenvalue weighted by Gasteiger charge is 2.28. The van der Waals surface area contributed by atoms with Crippen molar-refractivity contribution in [2.75, 3.05) is 0 Å². The fraction of sp³-hybridized carbons (Fsp3) is 0.294. The third kappa shape index (κ3) is 2.29. The van der Waals surface area contributed by atoms with Gasteiger partial charge in [0.15, 0.2) is 0 Å². The van der Waals surface area contributed by atoms with Crippen molar-refractivity contribution in [2.24, 2.45) is 5.73 Å². The van der Waals surface area contributed by atoms with Crippen LogP contribution < -0.4 is 10.5 Å². The first-order chi connectivity index (χ1) is 9.54. The highest BCUT2D eigenvalue weighted by molar-refractivity contribution is 5.41. The molecular formula is C17H18FNO. The smallest absolute Gasteiger partial charge is 0.127 e. The normalized spacial score (nSPS) is 21.2. The molecule has 3 rings (SSSR count). The van der Waals surface area contributed by atoms with Gasteiger partial charge in [-0.05, 0) is 31.0 Å². The molecule has 0 fully saturated rings. The third-order valence-corrected chi connectivity index (χ3v) is 3.88. The van der Waals surface area contributed by atoms with Crippen LogP contribution >= 0.6 is 0 Å². The number of ether oxygens (including phenoxy) is 1. The zero-order valence-corrected chi connectivity index (χ0v) is 11.7. The Morgan fingerprint density at radius 2 is 1.85 bits per heavy atom. The lowest BCUT2D eigenvalue weighted by Crippen LogP contribution is -2.24. The Bertz CT molecular complexity index is 653. The molecule has 1 aliphatic rings. The van der Waals surface area contributed by atoms with Crippen LogP contribution in [0, 0.1) is 19.7 Å². The SMILES string of the molecule is Cc1ccc(C2C[C@H](N)c3ccc(F)cc3O2)c(C)c1. The van der Waals surface area contributed by atoms with Gasteiger partial charge >= 0.3 is 0 Å². The van der Waals surface area contributed by atoms with E-state index in [1.807, 2.05) is 0 Å². The minimum atomic E-state index is -0.294. The maximum Gasteiger partial charge on any atom is 0.127 e. The standard InChI is InChI=1S/C17H18FNO/c1-10-3-5-13(11(2)7-10)17-9-15(19)14-6-4-12(18)8-16(14)20-17/h3-8,15,17H,9,19H2,1-2H3/t15-,17?/m0/s1.